The molecule has 0 spiro atoms. The maximum Gasteiger partial charge on any atom is 0.225 e. The van der Waals surface area contributed by atoms with Crippen LogP contribution in [0.5, 0.6) is 11.5 Å². The average molecular weight is 569 g/mol. The van der Waals surface area contributed by atoms with Crippen molar-refractivity contribution in [2.45, 2.75) is 12.8 Å². The number of benzene rings is 1. The van der Waals surface area contributed by atoms with Gasteiger partial charge in [0.1, 0.15) is 0 Å². The third-order valence-corrected chi connectivity index (χ3v) is 5.53. The van der Waals surface area contributed by atoms with Crippen molar-refractivity contribution >= 4 is 35.9 Å². The van der Waals surface area contributed by atoms with E-state index in [1.807, 2.05) is 18.2 Å². The second-order valence-electron chi connectivity index (χ2n) is 7.60. The number of rotatable bonds is 10. The van der Waals surface area contributed by atoms with Crippen LogP contribution in [0.4, 0.5) is 5.95 Å². The quantitative estimate of drug-likeness (QED) is 0.195. The zero-order valence-corrected chi connectivity index (χ0v) is 22.1. The van der Waals surface area contributed by atoms with Gasteiger partial charge in [0, 0.05) is 58.7 Å². The van der Waals surface area contributed by atoms with E-state index < -0.39 is 0 Å². The summed E-state index contributed by atoms with van der Waals surface area (Å²) in [5.41, 5.74) is 1.19. The zero-order chi connectivity index (χ0) is 22.6. The minimum atomic E-state index is 0. The van der Waals surface area contributed by atoms with Gasteiger partial charge in [-0.2, -0.15) is 0 Å². The van der Waals surface area contributed by atoms with Gasteiger partial charge in [0.25, 0.3) is 0 Å². The molecule has 1 fully saturated rings. The molecule has 0 saturated carbocycles. The van der Waals surface area contributed by atoms with Crippen molar-refractivity contribution in [2.24, 2.45) is 4.99 Å². The van der Waals surface area contributed by atoms with Crippen LogP contribution >= 0.6 is 24.0 Å². The van der Waals surface area contributed by atoms with Crippen LogP contribution in [0.3, 0.4) is 0 Å². The van der Waals surface area contributed by atoms with E-state index in [2.05, 4.69) is 41.5 Å². The lowest BCUT2D eigenvalue weighted by atomic mass is 10.1. The third kappa shape index (κ3) is 8.50. The Morgan fingerprint density at radius 3 is 2.36 bits per heavy atom. The number of ether oxygens (including phenoxy) is 2. The summed E-state index contributed by atoms with van der Waals surface area (Å²) in [6.45, 7) is 6.76. The Morgan fingerprint density at radius 1 is 1.00 bits per heavy atom. The minimum Gasteiger partial charge on any atom is -0.493 e. The van der Waals surface area contributed by atoms with E-state index >= 15 is 0 Å². The molecular formula is C23H36IN7O2. The van der Waals surface area contributed by atoms with Crippen LogP contribution in [0.15, 0.2) is 41.7 Å². The molecule has 0 atom stereocenters. The monoisotopic (exact) mass is 569 g/mol. The molecule has 1 saturated heterocycles. The van der Waals surface area contributed by atoms with E-state index in [9.17, 15) is 0 Å². The van der Waals surface area contributed by atoms with Crippen molar-refractivity contribution in [1.82, 2.24) is 25.5 Å². The van der Waals surface area contributed by atoms with Crippen LogP contribution < -0.4 is 25.0 Å². The van der Waals surface area contributed by atoms with Crippen molar-refractivity contribution in [2.75, 3.05) is 72.0 Å². The van der Waals surface area contributed by atoms with Crippen LogP contribution in [0.1, 0.15) is 12.0 Å². The summed E-state index contributed by atoms with van der Waals surface area (Å²) >= 11 is 0. The fraction of sp³-hybridized carbons (Fsp3) is 0.522. The van der Waals surface area contributed by atoms with Gasteiger partial charge in [-0.15, -0.1) is 24.0 Å². The third-order valence-electron chi connectivity index (χ3n) is 5.53. The van der Waals surface area contributed by atoms with E-state index in [1.54, 1.807) is 33.7 Å². The van der Waals surface area contributed by atoms with Crippen LogP contribution in [-0.2, 0) is 6.42 Å². The fourth-order valence-corrected chi connectivity index (χ4v) is 3.72. The van der Waals surface area contributed by atoms with Crippen molar-refractivity contribution in [1.29, 1.82) is 0 Å². The standard InChI is InChI=1S/C23H35N7O2.HI/c1-24-22(26-12-8-19-6-7-20(31-2)21(18-19)32-3)25-11-5-13-29-14-16-30(17-15-29)23-27-9-4-10-28-23;/h4,6-7,9-10,18H,5,8,11-17H2,1-3H3,(H2,24,25,26);1H. The van der Waals surface area contributed by atoms with Gasteiger partial charge in [0.15, 0.2) is 17.5 Å². The molecule has 1 aliphatic rings. The summed E-state index contributed by atoms with van der Waals surface area (Å²) in [5.74, 6) is 3.16. The summed E-state index contributed by atoms with van der Waals surface area (Å²) in [6.07, 6.45) is 5.54. The Bertz CT molecular complexity index is 846. The Labute approximate surface area is 214 Å². The fourth-order valence-electron chi connectivity index (χ4n) is 3.72. The highest BCUT2D eigenvalue weighted by Gasteiger charge is 2.18. The summed E-state index contributed by atoms with van der Waals surface area (Å²) in [5, 5.41) is 6.79. The first kappa shape index (κ1) is 26.9. The molecule has 0 bridgehead atoms. The number of piperazine rings is 1. The van der Waals surface area contributed by atoms with E-state index in [4.69, 9.17) is 9.47 Å². The van der Waals surface area contributed by atoms with E-state index in [0.717, 1.165) is 82.1 Å². The minimum absolute atomic E-state index is 0. The predicted molar refractivity (Wildman–Crippen MR) is 143 cm³/mol. The molecule has 0 aliphatic carbocycles. The van der Waals surface area contributed by atoms with Crippen LogP contribution in [-0.4, -0.2) is 87.9 Å². The highest BCUT2D eigenvalue weighted by atomic mass is 127. The SMILES string of the molecule is CN=C(NCCCN1CCN(c2ncccn2)CC1)NCCc1ccc(OC)c(OC)c1.I. The van der Waals surface area contributed by atoms with Gasteiger partial charge in [-0.25, -0.2) is 9.97 Å². The van der Waals surface area contributed by atoms with Gasteiger partial charge in [-0.3, -0.25) is 9.89 Å². The number of anilines is 1. The first-order valence-electron chi connectivity index (χ1n) is 11.1. The number of guanidine groups is 1. The van der Waals surface area contributed by atoms with E-state index in [0.29, 0.717) is 0 Å². The number of nitrogens with zero attached hydrogens (tertiary/aromatic N) is 5. The maximum absolute atomic E-state index is 5.37. The number of hydrogen-bond acceptors (Lipinski definition) is 7. The Morgan fingerprint density at radius 2 is 1.70 bits per heavy atom. The molecule has 0 unspecified atom stereocenters. The second-order valence-corrected chi connectivity index (χ2v) is 7.60. The summed E-state index contributed by atoms with van der Waals surface area (Å²) in [6, 6.07) is 7.86. The largest absolute Gasteiger partial charge is 0.493 e. The molecule has 0 radical (unpaired) electrons. The molecule has 1 aromatic carbocycles. The van der Waals surface area contributed by atoms with E-state index in [-0.39, 0.29) is 24.0 Å². The molecule has 1 aliphatic heterocycles. The van der Waals surface area contributed by atoms with Crippen molar-refractivity contribution < 1.29 is 9.47 Å². The van der Waals surface area contributed by atoms with Crippen molar-refractivity contribution in [3.63, 3.8) is 0 Å². The first-order valence-corrected chi connectivity index (χ1v) is 11.1. The molecule has 33 heavy (non-hydrogen) atoms. The normalized spacial score (nSPS) is 14.4. The lowest BCUT2D eigenvalue weighted by Gasteiger charge is -2.34. The van der Waals surface area contributed by atoms with Crippen LogP contribution in [0.25, 0.3) is 0 Å². The van der Waals surface area contributed by atoms with Gasteiger partial charge in [0.05, 0.1) is 14.2 Å². The Kier molecular flexibility index (Phi) is 12.0. The number of aromatic nitrogens is 2. The number of hydrogen-bond donors (Lipinski definition) is 2. The van der Waals surface area contributed by atoms with Gasteiger partial charge in [-0.05, 0) is 43.1 Å². The molecule has 2 heterocycles. The second kappa shape index (κ2) is 14.7. The number of methoxy groups -OCH3 is 2. The number of aliphatic imine (C=N–C) groups is 1. The highest BCUT2D eigenvalue weighted by molar-refractivity contribution is 14.0. The summed E-state index contributed by atoms with van der Waals surface area (Å²) in [4.78, 5) is 17.8. The maximum atomic E-state index is 5.37. The molecule has 2 aromatic rings. The van der Waals surface area contributed by atoms with E-state index in [1.165, 1.54) is 5.56 Å². The number of nitrogens with one attached hydrogen (secondary N) is 2. The van der Waals surface area contributed by atoms with Crippen LogP contribution in [0, 0.1) is 0 Å². The van der Waals surface area contributed by atoms with Crippen LogP contribution in [0.2, 0.25) is 0 Å². The predicted octanol–water partition coefficient (Wildman–Crippen LogP) is 2.03. The lowest BCUT2D eigenvalue weighted by Crippen LogP contribution is -2.47. The van der Waals surface area contributed by atoms with Gasteiger partial charge in [0.2, 0.25) is 5.95 Å². The highest BCUT2D eigenvalue weighted by Crippen LogP contribution is 2.27. The first-order chi connectivity index (χ1) is 15.7. The molecule has 9 nitrogen and oxygen atoms in total. The van der Waals surface area contributed by atoms with Crippen molar-refractivity contribution in [3.05, 3.63) is 42.2 Å². The van der Waals surface area contributed by atoms with Gasteiger partial charge >= 0.3 is 0 Å². The average Bonchev–Trinajstić information content (AvgIpc) is 2.86. The zero-order valence-electron chi connectivity index (χ0n) is 19.8. The van der Waals surface area contributed by atoms with Gasteiger partial charge < -0.3 is 25.0 Å². The smallest absolute Gasteiger partial charge is 0.225 e. The van der Waals surface area contributed by atoms with Gasteiger partial charge in [-0.1, -0.05) is 6.07 Å². The summed E-state index contributed by atoms with van der Waals surface area (Å²) < 4.78 is 10.7. The Balaban J connectivity index is 0.00000385. The molecule has 10 heteroatoms. The Hall–Kier alpha value is -2.34. The summed E-state index contributed by atoms with van der Waals surface area (Å²) in [7, 11) is 5.11. The molecule has 2 N–H and O–H groups in total. The topological polar surface area (TPSA) is 87.1 Å². The molecule has 3 rings (SSSR count). The van der Waals surface area contributed by atoms with Crippen molar-refractivity contribution in [3.8, 4) is 11.5 Å². The lowest BCUT2D eigenvalue weighted by molar-refractivity contribution is 0.254. The molecule has 1 aromatic heterocycles. The molecule has 0 amide bonds. The number of halogens is 1. The molecule has 182 valence electrons. The molecular weight excluding hydrogens is 533 g/mol.